The van der Waals surface area contributed by atoms with Gasteiger partial charge in [-0.15, -0.1) is 0 Å². The van der Waals surface area contributed by atoms with E-state index < -0.39 is 0 Å². The number of hydrogen-bond donors (Lipinski definition) is 1. The average Bonchev–Trinajstić information content (AvgIpc) is 2.73. The summed E-state index contributed by atoms with van der Waals surface area (Å²) in [6.07, 6.45) is 5.15. The Balaban J connectivity index is 1.65. The Morgan fingerprint density at radius 2 is 1.52 bits per heavy atom. The van der Waals surface area contributed by atoms with Crippen LogP contribution in [0.5, 0.6) is 0 Å². The average molecular weight is 353 g/mol. The van der Waals surface area contributed by atoms with Gasteiger partial charge in [-0.25, -0.2) is 0 Å². The predicted molar refractivity (Wildman–Crippen MR) is 111 cm³/mol. The molecule has 134 valence electrons. The molecule has 3 aromatic rings. The van der Waals surface area contributed by atoms with Gasteiger partial charge in [0.25, 0.3) is 5.91 Å². The third-order valence-corrected chi connectivity index (χ3v) is 5.11. The van der Waals surface area contributed by atoms with Crippen LogP contribution >= 0.6 is 0 Å². The number of hydrogen-bond acceptors (Lipinski definition) is 1. The number of benzene rings is 3. The predicted octanol–water partition coefficient (Wildman–Crippen LogP) is 5.42. The van der Waals surface area contributed by atoms with Gasteiger partial charge in [-0.2, -0.15) is 0 Å². The summed E-state index contributed by atoms with van der Waals surface area (Å²) in [7, 11) is 0. The summed E-state index contributed by atoms with van der Waals surface area (Å²) in [6, 6.07) is 28.4. The molecule has 1 N–H and O–H groups in total. The maximum Gasteiger partial charge on any atom is 0.252 e. The molecule has 0 aliphatic heterocycles. The third-order valence-electron chi connectivity index (χ3n) is 5.11. The summed E-state index contributed by atoms with van der Waals surface area (Å²) < 4.78 is 0. The molecule has 0 aromatic heterocycles. The van der Waals surface area contributed by atoms with E-state index in [2.05, 4.69) is 29.6 Å². The highest BCUT2D eigenvalue weighted by Gasteiger charge is 2.23. The third kappa shape index (κ3) is 4.01. The van der Waals surface area contributed by atoms with E-state index >= 15 is 0 Å². The van der Waals surface area contributed by atoms with Crippen LogP contribution in [-0.2, 0) is 11.2 Å². The SMILES string of the molecule is O=C(N[C@@H]1CCCc2ccccc21)/C(=C/c1ccccc1)c1ccccc1. The minimum atomic E-state index is -0.0215. The van der Waals surface area contributed by atoms with E-state index in [0.717, 1.165) is 30.4 Å². The fourth-order valence-corrected chi connectivity index (χ4v) is 3.75. The van der Waals surface area contributed by atoms with Crippen molar-refractivity contribution in [3.63, 3.8) is 0 Å². The number of aryl methyl sites for hydroxylation is 1. The van der Waals surface area contributed by atoms with Crippen LogP contribution < -0.4 is 5.32 Å². The molecule has 2 heteroatoms. The van der Waals surface area contributed by atoms with Crippen LogP contribution in [0.1, 0.15) is 41.1 Å². The molecule has 0 saturated heterocycles. The number of fused-ring (bicyclic) bond motifs is 1. The molecule has 1 aliphatic carbocycles. The van der Waals surface area contributed by atoms with E-state index in [1.165, 1.54) is 11.1 Å². The van der Waals surface area contributed by atoms with E-state index in [9.17, 15) is 4.79 Å². The first-order valence-corrected chi connectivity index (χ1v) is 9.52. The van der Waals surface area contributed by atoms with Gasteiger partial charge in [-0.05, 0) is 47.6 Å². The maximum atomic E-state index is 13.2. The van der Waals surface area contributed by atoms with E-state index in [1.807, 2.05) is 66.7 Å². The van der Waals surface area contributed by atoms with Crippen molar-refractivity contribution in [1.82, 2.24) is 5.32 Å². The second kappa shape index (κ2) is 8.05. The van der Waals surface area contributed by atoms with Crippen LogP contribution in [0.15, 0.2) is 84.9 Å². The number of nitrogens with one attached hydrogen (secondary N) is 1. The van der Waals surface area contributed by atoms with Crippen LogP contribution in [0.3, 0.4) is 0 Å². The van der Waals surface area contributed by atoms with Crippen LogP contribution in [0.4, 0.5) is 0 Å². The maximum absolute atomic E-state index is 13.2. The van der Waals surface area contributed by atoms with Crippen molar-refractivity contribution >= 4 is 17.6 Å². The second-order valence-corrected chi connectivity index (χ2v) is 6.95. The van der Waals surface area contributed by atoms with Crippen LogP contribution in [0.2, 0.25) is 0 Å². The zero-order valence-corrected chi connectivity index (χ0v) is 15.3. The summed E-state index contributed by atoms with van der Waals surface area (Å²) >= 11 is 0. The number of amides is 1. The van der Waals surface area contributed by atoms with Crippen molar-refractivity contribution in [2.75, 3.05) is 0 Å². The van der Waals surface area contributed by atoms with E-state index in [1.54, 1.807) is 0 Å². The molecule has 0 fully saturated rings. The second-order valence-electron chi connectivity index (χ2n) is 6.95. The molecule has 1 aliphatic rings. The smallest absolute Gasteiger partial charge is 0.252 e. The molecule has 2 nitrogen and oxygen atoms in total. The lowest BCUT2D eigenvalue weighted by molar-refractivity contribution is -0.116. The molecule has 0 spiro atoms. The van der Waals surface area contributed by atoms with Crippen molar-refractivity contribution < 1.29 is 4.79 Å². The van der Waals surface area contributed by atoms with Crippen molar-refractivity contribution in [2.45, 2.75) is 25.3 Å². The Bertz CT molecular complexity index is 944. The normalized spacial score (nSPS) is 16.4. The summed E-state index contributed by atoms with van der Waals surface area (Å²) in [5.74, 6) is -0.0215. The van der Waals surface area contributed by atoms with E-state index in [4.69, 9.17) is 0 Å². The first-order chi connectivity index (χ1) is 13.3. The van der Waals surface area contributed by atoms with Gasteiger partial charge in [-0.1, -0.05) is 84.9 Å². The molecule has 1 atom stereocenters. The largest absolute Gasteiger partial charge is 0.345 e. The van der Waals surface area contributed by atoms with Crippen molar-refractivity contribution in [3.8, 4) is 0 Å². The quantitative estimate of drug-likeness (QED) is 0.492. The van der Waals surface area contributed by atoms with Crippen LogP contribution in [-0.4, -0.2) is 5.91 Å². The molecule has 3 aromatic carbocycles. The van der Waals surface area contributed by atoms with Gasteiger partial charge in [0, 0.05) is 5.57 Å². The Morgan fingerprint density at radius 1 is 0.852 bits per heavy atom. The minimum absolute atomic E-state index is 0.0215. The van der Waals surface area contributed by atoms with Gasteiger partial charge < -0.3 is 5.32 Å². The molecule has 0 unspecified atom stereocenters. The lowest BCUT2D eigenvalue weighted by Crippen LogP contribution is -2.31. The minimum Gasteiger partial charge on any atom is -0.345 e. The van der Waals surface area contributed by atoms with E-state index in [-0.39, 0.29) is 11.9 Å². The number of carbonyl (C=O) groups excluding carboxylic acids is 1. The molecule has 4 rings (SSSR count). The summed E-state index contributed by atoms with van der Waals surface area (Å²) in [4.78, 5) is 13.2. The van der Waals surface area contributed by atoms with Gasteiger partial charge in [-0.3, -0.25) is 4.79 Å². The highest BCUT2D eigenvalue weighted by molar-refractivity contribution is 6.24. The standard InChI is InChI=1S/C25H23NO/c27-25(26-24-17-9-15-20-14-7-8-16-22(20)24)23(21-12-5-2-6-13-21)18-19-10-3-1-4-11-19/h1-8,10-14,16,18,24H,9,15,17H2,(H,26,27)/b23-18+/t24-/m1/s1. The lowest BCUT2D eigenvalue weighted by atomic mass is 9.87. The van der Waals surface area contributed by atoms with Gasteiger partial charge in [0.1, 0.15) is 0 Å². The molecule has 1 amide bonds. The fourth-order valence-electron chi connectivity index (χ4n) is 3.75. The first kappa shape index (κ1) is 17.3. The molecule has 27 heavy (non-hydrogen) atoms. The molecular weight excluding hydrogens is 330 g/mol. The van der Waals surface area contributed by atoms with Gasteiger partial charge >= 0.3 is 0 Å². The summed E-state index contributed by atoms with van der Waals surface area (Å²) in [6.45, 7) is 0. The monoisotopic (exact) mass is 353 g/mol. The van der Waals surface area contributed by atoms with Gasteiger partial charge in [0.15, 0.2) is 0 Å². The summed E-state index contributed by atoms with van der Waals surface area (Å²) in [5.41, 5.74) is 5.26. The van der Waals surface area contributed by atoms with Crippen LogP contribution in [0, 0.1) is 0 Å². The number of carbonyl (C=O) groups is 1. The topological polar surface area (TPSA) is 29.1 Å². The zero-order chi connectivity index (χ0) is 18.5. The van der Waals surface area contributed by atoms with Crippen molar-refractivity contribution in [2.24, 2.45) is 0 Å². The molecule has 0 radical (unpaired) electrons. The molecular formula is C25H23NO. The highest BCUT2D eigenvalue weighted by Crippen LogP contribution is 2.30. The first-order valence-electron chi connectivity index (χ1n) is 9.52. The van der Waals surface area contributed by atoms with Crippen molar-refractivity contribution in [3.05, 3.63) is 107 Å². The summed E-state index contributed by atoms with van der Waals surface area (Å²) in [5, 5.41) is 3.29. The fraction of sp³-hybridized carbons (Fsp3) is 0.160. The molecule has 0 heterocycles. The lowest BCUT2D eigenvalue weighted by Gasteiger charge is -2.27. The molecule has 0 saturated carbocycles. The zero-order valence-electron chi connectivity index (χ0n) is 15.3. The van der Waals surface area contributed by atoms with Crippen molar-refractivity contribution in [1.29, 1.82) is 0 Å². The van der Waals surface area contributed by atoms with Crippen LogP contribution in [0.25, 0.3) is 11.6 Å². The van der Waals surface area contributed by atoms with Gasteiger partial charge in [0.05, 0.1) is 6.04 Å². The Labute approximate surface area is 160 Å². The van der Waals surface area contributed by atoms with Gasteiger partial charge in [0.2, 0.25) is 0 Å². The van der Waals surface area contributed by atoms with E-state index in [0.29, 0.717) is 5.57 Å². The Morgan fingerprint density at radius 3 is 2.30 bits per heavy atom. The Kier molecular flexibility index (Phi) is 5.15. The molecule has 0 bridgehead atoms. The highest BCUT2D eigenvalue weighted by atomic mass is 16.1. The Hall–Kier alpha value is -3.13. The number of rotatable bonds is 4.